The highest BCUT2D eigenvalue weighted by Crippen LogP contribution is 2.14. The van der Waals surface area contributed by atoms with Crippen LogP contribution in [0.3, 0.4) is 0 Å². The van der Waals surface area contributed by atoms with Gasteiger partial charge in [0.1, 0.15) is 5.75 Å². The molecule has 1 rings (SSSR count). The normalized spacial score (nSPS) is 12.4. The van der Waals surface area contributed by atoms with Crippen LogP contribution in [0.1, 0.15) is 45.6 Å². The fourth-order valence-electron chi connectivity index (χ4n) is 1.96. The summed E-state index contributed by atoms with van der Waals surface area (Å²) in [7, 11) is 0. The molecule has 0 spiro atoms. The lowest BCUT2D eigenvalue weighted by atomic mass is 10.1. The van der Waals surface area contributed by atoms with Gasteiger partial charge in [-0.1, -0.05) is 39.3 Å². The zero-order valence-corrected chi connectivity index (χ0v) is 12.7. The zero-order valence-electron chi connectivity index (χ0n) is 12.7. The molecule has 19 heavy (non-hydrogen) atoms. The lowest BCUT2D eigenvalue weighted by Crippen LogP contribution is -2.25. The van der Waals surface area contributed by atoms with Crippen molar-refractivity contribution in [2.75, 3.05) is 19.7 Å². The van der Waals surface area contributed by atoms with E-state index in [9.17, 15) is 0 Å². The van der Waals surface area contributed by atoms with Crippen LogP contribution in [0.2, 0.25) is 0 Å². The molecule has 0 heterocycles. The summed E-state index contributed by atoms with van der Waals surface area (Å²) in [5.74, 6) is 1.54. The number of hydrogen-bond donors (Lipinski definition) is 1. The van der Waals surface area contributed by atoms with Gasteiger partial charge in [0.15, 0.2) is 0 Å². The Morgan fingerprint density at radius 1 is 1.11 bits per heavy atom. The maximum absolute atomic E-state index is 5.82. The van der Waals surface area contributed by atoms with Crippen LogP contribution in [-0.4, -0.2) is 19.7 Å². The van der Waals surface area contributed by atoms with Crippen molar-refractivity contribution in [3.63, 3.8) is 0 Å². The van der Waals surface area contributed by atoms with Gasteiger partial charge in [0.2, 0.25) is 0 Å². The van der Waals surface area contributed by atoms with Gasteiger partial charge in [-0.3, -0.25) is 0 Å². The van der Waals surface area contributed by atoms with Gasteiger partial charge in [0.25, 0.3) is 0 Å². The van der Waals surface area contributed by atoms with Gasteiger partial charge in [0.05, 0.1) is 6.61 Å². The lowest BCUT2D eigenvalue weighted by molar-refractivity contribution is 0.256. The molecule has 0 fully saturated rings. The molecule has 108 valence electrons. The first-order chi connectivity index (χ1) is 9.26. The lowest BCUT2D eigenvalue weighted by Gasteiger charge is -2.14. The number of benzene rings is 1. The molecule has 1 N–H and O–H groups in total. The molecule has 0 aromatic heterocycles. The minimum atomic E-state index is 0.548. The Morgan fingerprint density at radius 3 is 2.47 bits per heavy atom. The first-order valence-electron chi connectivity index (χ1n) is 7.68. The van der Waals surface area contributed by atoms with E-state index in [-0.39, 0.29) is 0 Å². The Morgan fingerprint density at radius 2 is 1.84 bits per heavy atom. The summed E-state index contributed by atoms with van der Waals surface area (Å²) in [6.07, 6.45) is 4.88. The molecule has 2 heteroatoms. The van der Waals surface area contributed by atoms with Crippen molar-refractivity contribution < 1.29 is 4.74 Å². The van der Waals surface area contributed by atoms with Crippen LogP contribution >= 0.6 is 0 Å². The molecule has 1 atom stereocenters. The van der Waals surface area contributed by atoms with E-state index in [0.29, 0.717) is 5.92 Å². The largest absolute Gasteiger partial charge is 0.493 e. The van der Waals surface area contributed by atoms with Gasteiger partial charge >= 0.3 is 0 Å². The number of hydrogen-bond acceptors (Lipinski definition) is 2. The van der Waals surface area contributed by atoms with Crippen molar-refractivity contribution in [3.05, 3.63) is 29.8 Å². The van der Waals surface area contributed by atoms with Gasteiger partial charge < -0.3 is 10.1 Å². The molecule has 0 saturated heterocycles. The Balaban J connectivity index is 2.25. The third-order valence-electron chi connectivity index (χ3n) is 3.20. The first kappa shape index (κ1) is 16.0. The summed E-state index contributed by atoms with van der Waals surface area (Å²) in [6, 6.07) is 8.56. The van der Waals surface area contributed by atoms with E-state index in [1.165, 1.54) is 31.2 Å². The van der Waals surface area contributed by atoms with E-state index in [2.05, 4.69) is 50.4 Å². The van der Waals surface area contributed by atoms with Gasteiger partial charge in [-0.2, -0.15) is 0 Å². The molecule has 0 radical (unpaired) electrons. The molecule has 0 aliphatic rings. The second-order valence-corrected chi connectivity index (χ2v) is 5.37. The van der Waals surface area contributed by atoms with Crippen molar-refractivity contribution in [1.82, 2.24) is 5.32 Å². The van der Waals surface area contributed by atoms with E-state index in [1.54, 1.807) is 0 Å². The molecule has 2 nitrogen and oxygen atoms in total. The summed E-state index contributed by atoms with van der Waals surface area (Å²) in [5.41, 5.74) is 1.41. The zero-order chi connectivity index (χ0) is 13.9. The minimum absolute atomic E-state index is 0.548. The molecular formula is C17H29NO. The monoisotopic (exact) mass is 263 g/mol. The fourth-order valence-corrected chi connectivity index (χ4v) is 1.96. The van der Waals surface area contributed by atoms with Crippen LogP contribution in [0.4, 0.5) is 0 Å². The summed E-state index contributed by atoms with van der Waals surface area (Å²) in [5, 5.41) is 3.42. The predicted octanol–water partition coefficient (Wildman–Crippen LogP) is 4.04. The van der Waals surface area contributed by atoms with Crippen molar-refractivity contribution in [1.29, 1.82) is 0 Å². The molecule has 0 bridgehead atoms. The Labute approximate surface area is 118 Å². The Bertz CT molecular complexity index is 321. The maximum Gasteiger partial charge on any atom is 0.119 e. The number of unbranched alkanes of at least 4 members (excludes halogenated alkanes) is 1. The molecule has 1 aromatic rings. The van der Waals surface area contributed by atoms with Crippen molar-refractivity contribution in [2.24, 2.45) is 5.92 Å². The number of rotatable bonds is 10. The van der Waals surface area contributed by atoms with Gasteiger partial charge in [0, 0.05) is 12.5 Å². The van der Waals surface area contributed by atoms with Crippen LogP contribution in [-0.2, 0) is 6.42 Å². The summed E-state index contributed by atoms with van der Waals surface area (Å²) in [6.45, 7) is 9.54. The molecule has 1 aromatic carbocycles. The highest BCUT2D eigenvalue weighted by molar-refractivity contribution is 5.27. The molecule has 0 aliphatic carbocycles. The summed E-state index contributed by atoms with van der Waals surface area (Å²) in [4.78, 5) is 0. The second kappa shape index (κ2) is 9.85. The minimum Gasteiger partial charge on any atom is -0.493 e. The van der Waals surface area contributed by atoms with Crippen LogP contribution in [0.15, 0.2) is 24.3 Å². The van der Waals surface area contributed by atoms with E-state index in [0.717, 1.165) is 25.4 Å². The average molecular weight is 263 g/mol. The molecule has 0 amide bonds. The summed E-state index contributed by atoms with van der Waals surface area (Å²) >= 11 is 0. The van der Waals surface area contributed by atoms with Gasteiger partial charge in [-0.05, 0) is 43.5 Å². The third kappa shape index (κ3) is 7.22. The number of ether oxygens (including phenoxy) is 1. The van der Waals surface area contributed by atoms with E-state index in [1.807, 2.05) is 0 Å². The SMILES string of the molecule is CCCCc1ccc(OCC(C)CNCCC)cc1. The third-order valence-corrected chi connectivity index (χ3v) is 3.20. The quantitative estimate of drug-likeness (QED) is 0.643. The summed E-state index contributed by atoms with van der Waals surface area (Å²) < 4.78 is 5.82. The van der Waals surface area contributed by atoms with Crippen LogP contribution in [0.5, 0.6) is 5.75 Å². The second-order valence-electron chi connectivity index (χ2n) is 5.37. The predicted molar refractivity (Wildman–Crippen MR) is 82.9 cm³/mol. The van der Waals surface area contributed by atoms with E-state index < -0.39 is 0 Å². The maximum atomic E-state index is 5.82. The smallest absolute Gasteiger partial charge is 0.119 e. The molecular weight excluding hydrogens is 234 g/mol. The molecule has 0 aliphatic heterocycles. The van der Waals surface area contributed by atoms with Gasteiger partial charge in [-0.25, -0.2) is 0 Å². The Hall–Kier alpha value is -1.02. The van der Waals surface area contributed by atoms with E-state index in [4.69, 9.17) is 4.74 Å². The van der Waals surface area contributed by atoms with E-state index >= 15 is 0 Å². The van der Waals surface area contributed by atoms with Gasteiger partial charge in [-0.15, -0.1) is 0 Å². The Kier molecular flexibility index (Phi) is 8.31. The van der Waals surface area contributed by atoms with Crippen LogP contribution < -0.4 is 10.1 Å². The topological polar surface area (TPSA) is 21.3 Å². The average Bonchev–Trinajstić information content (AvgIpc) is 2.44. The van der Waals surface area contributed by atoms with Crippen molar-refractivity contribution in [3.8, 4) is 5.75 Å². The first-order valence-corrected chi connectivity index (χ1v) is 7.68. The molecule has 0 saturated carbocycles. The van der Waals surface area contributed by atoms with Crippen molar-refractivity contribution >= 4 is 0 Å². The standard InChI is InChI=1S/C17H29NO/c1-4-6-7-16-8-10-17(11-9-16)19-14-15(3)13-18-12-5-2/h8-11,15,18H,4-7,12-14H2,1-3H3. The highest BCUT2D eigenvalue weighted by atomic mass is 16.5. The number of nitrogens with one attached hydrogen (secondary N) is 1. The highest BCUT2D eigenvalue weighted by Gasteiger charge is 2.03. The fraction of sp³-hybridized carbons (Fsp3) is 0.647. The molecule has 1 unspecified atom stereocenters. The van der Waals surface area contributed by atoms with Crippen LogP contribution in [0.25, 0.3) is 0 Å². The van der Waals surface area contributed by atoms with Crippen molar-refractivity contribution in [2.45, 2.75) is 46.5 Å². The number of aryl methyl sites for hydroxylation is 1. The van der Waals surface area contributed by atoms with Crippen LogP contribution in [0, 0.1) is 5.92 Å².